The molecule has 1 fully saturated rings. The van der Waals surface area contributed by atoms with E-state index in [4.69, 9.17) is 5.26 Å². The van der Waals surface area contributed by atoms with E-state index in [-0.39, 0.29) is 11.9 Å². The number of carbonyl (C=O) groups is 1. The Morgan fingerprint density at radius 2 is 2.26 bits per heavy atom. The molecule has 1 amide bonds. The van der Waals surface area contributed by atoms with Crippen molar-refractivity contribution in [2.75, 3.05) is 13.1 Å². The molecule has 0 radical (unpaired) electrons. The van der Waals surface area contributed by atoms with Gasteiger partial charge in [-0.1, -0.05) is 18.2 Å². The van der Waals surface area contributed by atoms with E-state index in [1.165, 1.54) is 0 Å². The SMILES string of the molecule is N#Cc1cnn(C2CCN(C(=O)c3cc4ccccc4[nH]3)C2)c1. The average Bonchev–Trinajstić information content (AvgIpc) is 3.30. The van der Waals surface area contributed by atoms with Crippen LogP contribution in [0, 0.1) is 11.3 Å². The van der Waals surface area contributed by atoms with Crippen LogP contribution in [0.1, 0.15) is 28.5 Å². The van der Waals surface area contributed by atoms with Crippen molar-refractivity contribution in [2.45, 2.75) is 12.5 Å². The molecule has 2 aromatic heterocycles. The van der Waals surface area contributed by atoms with Crippen molar-refractivity contribution in [1.29, 1.82) is 5.26 Å². The van der Waals surface area contributed by atoms with Gasteiger partial charge in [0.1, 0.15) is 11.8 Å². The van der Waals surface area contributed by atoms with Gasteiger partial charge in [-0.15, -0.1) is 0 Å². The number of rotatable bonds is 2. The third-order valence-electron chi connectivity index (χ3n) is 4.32. The van der Waals surface area contributed by atoms with Crippen LogP contribution in [-0.2, 0) is 0 Å². The maximum absolute atomic E-state index is 12.7. The van der Waals surface area contributed by atoms with Crippen LogP contribution in [-0.4, -0.2) is 38.7 Å². The Hall–Kier alpha value is -3.07. The van der Waals surface area contributed by atoms with Gasteiger partial charge in [-0.05, 0) is 18.6 Å². The predicted molar refractivity (Wildman–Crippen MR) is 84.8 cm³/mol. The summed E-state index contributed by atoms with van der Waals surface area (Å²) < 4.78 is 1.79. The largest absolute Gasteiger partial charge is 0.351 e. The number of carbonyl (C=O) groups excluding carboxylic acids is 1. The normalized spacial score (nSPS) is 17.5. The Morgan fingerprint density at radius 3 is 3.04 bits per heavy atom. The minimum atomic E-state index is 0.0105. The summed E-state index contributed by atoms with van der Waals surface area (Å²) in [6, 6.07) is 12.0. The van der Waals surface area contributed by atoms with Crippen LogP contribution >= 0.6 is 0 Å². The minimum Gasteiger partial charge on any atom is -0.351 e. The molecule has 1 saturated heterocycles. The number of nitriles is 1. The Morgan fingerprint density at radius 1 is 1.39 bits per heavy atom. The number of aromatic nitrogens is 3. The van der Waals surface area contributed by atoms with Crippen molar-refractivity contribution in [1.82, 2.24) is 19.7 Å². The summed E-state index contributed by atoms with van der Waals surface area (Å²) in [4.78, 5) is 17.7. The lowest BCUT2D eigenvalue weighted by Gasteiger charge is -2.15. The first-order valence-electron chi connectivity index (χ1n) is 7.56. The molecular formula is C17H15N5O. The Balaban J connectivity index is 1.52. The van der Waals surface area contributed by atoms with Crippen LogP contribution in [0.15, 0.2) is 42.7 Å². The first-order valence-corrected chi connectivity index (χ1v) is 7.56. The van der Waals surface area contributed by atoms with E-state index < -0.39 is 0 Å². The number of nitrogens with zero attached hydrogens (tertiary/aromatic N) is 4. The second kappa shape index (κ2) is 5.29. The first-order chi connectivity index (χ1) is 11.2. The van der Waals surface area contributed by atoms with Gasteiger partial charge in [0.05, 0.1) is 17.8 Å². The Kier molecular flexibility index (Phi) is 3.12. The number of fused-ring (bicyclic) bond motifs is 1. The number of likely N-dealkylation sites (tertiary alicyclic amines) is 1. The second-order valence-electron chi connectivity index (χ2n) is 5.78. The van der Waals surface area contributed by atoms with E-state index >= 15 is 0 Å². The molecule has 6 nitrogen and oxygen atoms in total. The number of benzene rings is 1. The van der Waals surface area contributed by atoms with Gasteiger partial charge < -0.3 is 9.88 Å². The molecule has 0 aliphatic carbocycles. The van der Waals surface area contributed by atoms with Crippen molar-refractivity contribution < 1.29 is 4.79 Å². The Bertz CT molecular complexity index is 883. The van der Waals surface area contributed by atoms with Gasteiger partial charge >= 0.3 is 0 Å². The third-order valence-corrected chi connectivity index (χ3v) is 4.32. The Labute approximate surface area is 132 Å². The average molecular weight is 305 g/mol. The maximum Gasteiger partial charge on any atom is 0.270 e. The van der Waals surface area contributed by atoms with Gasteiger partial charge in [0.2, 0.25) is 0 Å². The summed E-state index contributed by atoms with van der Waals surface area (Å²) in [5.41, 5.74) is 2.13. The molecule has 1 aliphatic rings. The molecule has 114 valence electrons. The van der Waals surface area contributed by atoms with E-state index in [2.05, 4.69) is 16.2 Å². The molecule has 3 aromatic rings. The lowest BCUT2D eigenvalue weighted by Crippen LogP contribution is -2.29. The molecule has 0 bridgehead atoms. The molecule has 0 saturated carbocycles. The molecule has 4 rings (SSSR count). The minimum absolute atomic E-state index is 0.0105. The van der Waals surface area contributed by atoms with Crippen LogP contribution in [0.5, 0.6) is 0 Å². The molecule has 1 N–H and O–H groups in total. The monoisotopic (exact) mass is 305 g/mol. The molecule has 1 unspecified atom stereocenters. The summed E-state index contributed by atoms with van der Waals surface area (Å²) in [7, 11) is 0. The van der Waals surface area contributed by atoms with Crippen LogP contribution in [0.4, 0.5) is 0 Å². The van der Waals surface area contributed by atoms with Crippen molar-refractivity contribution in [2.24, 2.45) is 0 Å². The van der Waals surface area contributed by atoms with E-state index in [9.17, 15) is 4.79 Å². The summed E-state index contributed by atoms with van der Waals surface area (Å²) in [6.45, 7) is 1.31. The highest BCUT2D eigenvalue weighted by atomic mass is 16.2. The van der Waals surface area contributed by atoms with Gasteiger partial charge in [-0.25, -0.2) is 0 Å². The van der Waals surface area contributed by atoms with E-state index in [1.54, 1.807) is 17.1 Å². The zero-order valence-electron chi connectivity index (χ0n) is 12.4. The molecule has 3 heterocycles. The van der Waals surface area contributed by atoms with Crippen LogP contribution in [0.25, 0.3) is 10.9 Å². The van der Waals surface area contributed by atoms with Crippen LogP contribution in [0.3, 0.4) is 0 Å². The fourth-order valence-corrected chi connectivity index (χ4v) is 3.10. The lowest BCUT2D eigenvalue weighted by atomic mass is 10.2. The number of amides is 1. The van der Waals surface area contributed by atoms with E-state index in [0.717, 1.165) is 17.3 Å². The highest BCUT2D eigenvalue weighted by Gasteiger charge is 2.29. The zero-order chi connectivity index (χ0) is 15.8. The summed E-state index contributed by atoms with van der Waals surface area (Å²) in [6.07, 6.45) is 4.14. The zero-order valence-corrected chi connectivity index (χ0v) is 12.4. The fraction of sp³-hybridized carbons (Fsp3) is 0.235. The number of hydrogen-bond acceptors (Lipinski definition) is 3. The van der Waals surface area contributed by atoms with Gasteiger partial charge in [0.15, 0.2) is 0 Å². The van der Waals surface area contributed by atoms with E-state index in [1.807, 2.05) is 35.2 Å². The smallest absolute Gasteiger partial charge is 0.270 e. The molecule has 23 heavy (non-hydrogen) atoms. The van der Waals surface area contributed by atoms with Crippen molar-refractivity contribution in [3.05, 3.63) is 54.0 Å². The van der Waals surface area contributed by atoms with Gasteiger partial charge in [-0.2, -0.15) is 10.4 Å². The van der Waals surface area contributed by atoms with Crippen molar-refractivity contribution >= 4 is 16.8 Å². The first kappa shape index (κ1) is 13.6. The van der Waals surface area contributed by atoms with Crippen LogP contribution in [0.2, 0.25) is 0 Å². The summed E-state index contributed by atoms with van der Waals surface area (Å²) in [5, 5.41) is 14.1. The second-order valence-corrected chi connectivity index (χ2v) is 5.78. The molecule has 1 aromatic carbocycles. The van der Waals surface area contributed by atoms with Crippen LogP contribution < -0.4 is 0 Å². The molecular weight excluding hydrogens is 290 g/mol. The highest BCUT2D eigenvalue weighted by Crippen LogP contribution is 2.24. The summed E-state index contributed by atoms with van der Waals surface area (Å²) >= 11 is 0. The number of para-hydroxylation sites is 1. The number of hydrogen-bond donors (Lipinski definition) is 1. The fourth-order valence-electron chi connectivity index (χ4n) is 3.10. The van der Waals surface area contributed by atoms with E-state index in [0.29, 0.717) is 24.3 Å². The van der Waals surface area contributed by atoms with Gasteiger partial charge in [0, 0.05) is 30.2 Å². The van der Waals surface area contributed by atoms with Crippen molar-refractivity contribution in [3.8, 4) is 6.07 Å². The standard InChI is InChI=1S/C17H15N5O/c18-8-12-9-19-22(10-12)14-5-6-21(11-14)17(23)16-7-13-3-1-2-4-15(13)20-16/h1-4,7,9-10,14,20H,5-6,11H2. The molecule has 6 heteroatoms. The lowest BCUT2D eigenvalue weighted by molar-refractivity contribution is 0.0782. The molecule has 1 aliphatic heterocycles. The predicted octanol–water partition coefficient (Wildman–Crippen LogP) is 2.32. The number of H-pyrrole nitrogens is 1. The third kappa shape index (κ3) is 2.36. The van der Waals surface area contributed by atoms with Gasteiger partial charge in [-0.3, -0.25) is 9.48 Å². The number of aromatic amines is 1. The van der Waals surface area contributed by atoms with Gasteiger partial charge in [0.25, 0.3) is 5.91 Å². The van der Waals surface area contributed by atoms with Crippen molar-refractivity contribution in [3.63, 3.8) is 0 Å². The maximum atomic E-state index is 12.7. The highest BCUT2D eigenvalue weighted by molar-refractivity contribution is 5.98. The molecule has 1 atom stereocenters. The number of nitrogens with one attached hydrogen (secondary N) is 1. The summed E-state index contributed by atoms with van der Waals surface area (Å²) in [5.74, 6) is 0.0105. The topological polar surface area (TPSA) is 77.7 Å². The molecule has 0 spiro atoms. The quantitative estimate of drug-likeness (QED) is 0.789.